The molecule has 3 N–H and O–H groups in total. The molecule has 0 amide bonds. The van der Waals surface area contributed by atoms with Crippen molar-refractivity contribution in [2.24, 2.45) is 5.73 Å². The highest BCUT2D eigenvalue weighted by Crippen LogP contribution is 2.22. The number of anilines is 1. The Labute approximate surface area is 95.2 Å². The quantitative estimate of drug-likeness (QED) is 0.576. The molecule has 0 spiro atoms. The number of hydrogen-bond donors (Lipinski definition) is 2. The molecule has 16 heavy (non-hydrogen) atoms. The van der Waals surface area contributed by atoms with Gasteiger partial charge in [0.2, 0.25) is 5.95 Å². The Bertz CT molecular complexity index is 415. The topological polar surface area (TPSA) is 78.9 Å². The molecule has 5 heteroatoms. The van der Waals surface area contributed by atoms with Gasteiger partial charge >= 0.3 is 0 Å². The van der Waals surface area contributed by atoms with Crippen molar-refractivity contribution in [3.8, 4) is 0 Å². The standard InChI is InChI=1S/C11H17N5/c1-7-6-9(10(12)13)15-11(14-7)16-5-3-4-8(16)2/h6,8H,3-5H2,1-2H3,(H3,12,13). The van der Waals surface area contributed by atoms with Crippen LogP contribution in [0.1, 0.15) is 31.2 Å². The Balaban J connectivity index is 2.37. The fourth-order valence-corrected chi connectivity index (χ4v) is 2.05. The van der Waals surface area contributed by atoms with Crippen LogP contribution < -0.4 is 10.6 Å². The molecular formula is C11H17N5. The molecule has 1 fully saturated rings. The summed E-state index contributed by atoms with van der Waals surface area (Å²) in [4.78, 5) is 10.9. The Kier molecular flexibility index (Phi) is 2.77. The smallest absolute Gasteiger partial charge is 0.226 e. The van der Waals surface area contributed by atoms with Crippen LogP contribution in [0.5, 0.6) is 0 Å². The predicted octanol–water partition coefficient (Wildman–Crippen LogP) is 1.06. The van der Waals surface area contributed by atoms with E-state index in [2.05, 4.69) is 21.8 Å². The van der Waals surface area contributed by atoms with Gasteiger partial charge in [-0.2, -0.15) is 0 Å². The molecule has 1 aliphatic heterocycles. The van der Waals surface area contributed by atoms with E-state index in [1.807, 2.05) is 6.92 Å². The van der Waals surface area contributed by atoms with Crippen molar-refractivity contribution in [1.29, 1.82) is 5.41 Å². The molecule has 2 rings (SSSR count). The SMILES string of the molecule is Cc1cc(C(=N)N)nc(N2CCCC2C)n1. The summed E-state index contributed by atoms with van der Waals surface area (Å²) in [7, 11) is 0. The first kappa shape index (κ1) is 10.9. The lowest BCUT2D eigenvalue weighted by molar-refractivity contribution is 0.715. The van der Waals surface area contributed by atoms with Gasteiger partial charge in [0.15, 0.2) is 0 Å². The summed E-state index contributed by atoms with van der Waals surface area (Å²) in [6, 6.07) is 2.22. The molecule has 1 atom stereocenters. The molecule has 1 aromatic rings. The van der Waals surface area contributed by atoms with Gasteiger partial charge in [-0.1, -0.05) is 0 Å². The number of nitrogens with one attached hydrogen (secondary N) is 1. The molecule has 0 aliphatic carbocycles. The number of rotatable bonds is 2. The van der Waals surface area contributed by atoms with Crippen molar-refractivity contribution in [2.45, 2.75) is 32.7 Å². The first-order chi connectivity index (χ1) is 7.58. The van der Waals surface area contributed by atoms with Crippen LogP contribution in [0, 0.1) is 12.3 Å². The first-order valence-corrected chi connectivity index (χ1v) is 5.54. The van der Waals surface area contributed by atoms with Crippen LogP contribution in [-0.2, 0) is 0 Å². The average molecular weight is 219 g/mol. The highest BCUT2D eigenvalue weighted by Gasteiger charge is 2.23. The van der Waals surface area contributed by atoms with Crippen LogP contribution in [0.2, 0.25) is 0 Å². The fraction of sp³-hybridized carbons (Fsp3) is 0.545. The molecule has 1 unspecified atom stereocenters. The van der Waals surface area contributed by atoms with E-state index >= 15 is 0 Å². The summed E-state index contributed by atoms with van der Waals surface area (Å²) < 4.78 is 0. The van der Waals surface area contributed by atoms with Crippen molar-refractivity contribution < 1.29 is 0 Å². The van der Waals surface area contributed by atoms with Crippen LogP contribution in [0.4, 0.5) is 5.95 Å². The summed E-state index contributed by atoms with van der Waals surface area (Å²) in [5.74, 6) is 0.703. The summed E-state index contributed by atoms with van der Waals surface area (Å²) in [6.45, 7) is 5.06. The number of amidine groups is 1. The van der Waals surface area contributed by atoms with E-state index in [9.17, 15) is 0 Å². The van der Waals surface area contributed by atoms with Gasteiger partial charge in [0.1, 0.15) is 11.5 Å². The second-order valence-corrected chi connectivity index (χ2v) is 4.29. The minimum atomic E-state index is -0.00130. The van der Waals surface area contributed by atoms with E-state index in [-0.39, 0.29) is 5.84 Å². The Morgan fingerprint density at radius 2 is 2.31 bits per heavy atom. The van der Waals surface area contributed by atoms with Crippen molar-refractivity contribution in [3.63, 3.8) is 0 Å². The molecule has 1 aromatic heterocycles. The van der Waals surface area contributed by atoms with Gasteiger partial charge in [-0.05, 0) is 32.8 Å². The molecule has 2 heterocycles. The van der Waals surface area contributed by atoms with E-state index in [0.717, 1.165) is 12.2 Å². The van der Waals surface area contributed by atoms with Crippen LogP contribution in [-0.4, -0.2) is 28.4 Å². The maximum Gasteiger partial charge on any atom is 0.226 e. The maximum atomic E-state index is 7.42. The zero-order valence-electron chi connectivity index (χ0n) is 9.70. The van der Waals surface area contributed by atoms with Gasteiger partial charge in [0.05, 0.1) is 0 Å². The Morgan fingerprint density at radius 1 is 1.56 bits per heavy atom. The number of nitrogens with zero attached hydrogens (tertiary/aromatic N) is 3. The van der Waals surface area contributed by atoms with Crippen molar-refractivity contribution in [2.75, 3.05) is 11.4 Å². The molecule has 0 bridgehead atoms. The molecule has 0 aromatic carbocycles. The average Bonchev–Trinajstić information content (AvgIpc) is 2.63. The normalized spacial score (nSPS) is 20.1. The van der Waals surface area contributed by atoms with Gasteiger partial charge in [-0.15, -0.1) is 0 Å². The Morgan fingerprint density at radius 3 is 2.88 bits per heavy atom. The van der Waals surface area contributed by atoms with Crippen LogP contribution in [0.25, 0.3) is 0 Å². The van der Waals surface area contributed by atoms with E-state index in [1.165, 1.54) is 12.8 Å². The summed E-state index contributed by atoms with van der Waals surface area (Å²) in [5, 5.41) is 7.42. The number of hydrogen-bond acceptors (Lipinski definition) is 4. The third-order valence-corrected chi connectivity index (χ3v) is 2.93. The molecule has 0 radical (unpaired) electrons. The number of aromatic nitrogens is 2. The van der Waals surface area contributed by atoms with Crippen molar-refractivity contribution in [1.82, 2.24) is 9.97 Å². The van der Waals surface area contributed by atoms with Gasteiger partial charge in [0, 0.05) is 18.3 Å². The van der Waals surface area contributed by atoms with Gasteiger partial charge in [0.25, 0.3) is 0 Å². The third kappa shape index (κ3) is 1.98. The third-order valence-electron chi connectivity index (χ3n) is 2.93. The van der Waals surface area contributed by atoms with E-state index in [4.69, 9.17) is 11.1 Å². The molecular weight excluding hydrogens is 202 g/mol. The minimum Gasteiger partial charge on any atom is -0.382 e. The zero-order valence-corrected chi connectivity index (χ0v) is 9.70. The van der Waals surface area contributed by atoms with E-state index in [1.54, 1.807) is 6.07 Å². The van der Waals surface area contributed by atoms with Gasteiger partial charge < -0.3 is 10.6 Å². The fourth-order valence-electron chi connectivity index (χ4n) is 2.05. The first-order valence-electron chi connectivity index (χ1n) is 5.54. The second kappa shape index (κ2) is 4.08. The highest BCUT2D eigenvalue weighted by molar-refractivity contribution is 5.93. The number of aryl methyl sites for hydroxylation is 1. The van der Waals surface area contributed by atoms with Crippen LogP contribution in [0.15, 0.2) is 6.07 Å². The minimum absolute atomic E-state index is 0.00130. The highest BCUT2D eigenvalue weighted by atomic mass is 15.3. The monoisotopic (exact) mass is 219 g/mol. The van der Waals surface area contributed by atoms with Gasteiger partial charge in [-0.25, -0.2) is 9.97 Å². The zero-order chi connectivity index (χ0) is 11.7. The lowest BCUT2D eigenvalue weighted by Crippen LogP contribution is -2.29. The van der Waals surface area contributed by atoms with E-state index < -0.39 is 0 Å². The summed E-state index contributed by atoms with van der Waals surface area (Å²) in [6.07, 6.45) is 2.35. The molecule has 1 saturated heterocycles. The number of nitrogen functional groups attached to an aromatic ring is 1. The van der Waals surface area contributed by atoms with Crippen LogP contribution in [0.3, 0.4) is 0 Å². The molecule has 1 aliphatic rings. The van der Waals surface area contributed by atoms with Gasteiger partial charge in [-0.3, -0.25) is 5.41 Å². The Hall–Kier alpha value is -1.65. The van der Waals surface area contributed by atoms with Crippen molar-refractivity contribution in [3.05, 3.63) is 17.5 Å². The molecule has 5 nitrogen and oxygen atoms in total. The lowest BCUT2D eigenvalue weighted by atomic mass is 10.2. The lowest BCUT2D eigenvalue weighted by Gasteiger charge is -2.21. The summed E-state index contributed by atoms with van der Waals surface area (Å²) in [5.41, 5.74) is 6.83. The van der Waals surface area contributed by atoms with Crippen LogP contribution >= 0.6 is 0 Å². The largest absolute Gasteiger partial charge is 0.382 e. The predicted molar refractivity (Wildman–Crippen MR) is 63.8 cm³/mol. The maximum absolute atomic E-state index is 7.42. The molecule has 0 saturated carbocycles. The summed E-state index contributed by atoms with van der Waals surface area (Å²) >= 11 is 0. The second-order valence-electron chi connectivity index (χ2n) is 4.29. The molecule has 86 valence electrons. The van der Waals surface area contributed by atoms with Crippen molar-refractivity contribution >= 4 is 11.8 Å². The van der Waals surface area contributed by atoms with E-state index in [0.29, 0.717) is 17.7 Å². The number of nitrogens with two attached hydrogens (primary N) is 1.